The number of halogens is 1. The Morgan fingerprint density at radius 3 is 2.00 bits per heavy atom. The molecule has 2 heteroatoms. The number of hydrogen-bond acceptors (Lipinski definition) is 0. The molecule has 0 spiro atoms. The Balaban J connectivity index is 1.49. The van der Waals surface area contributed by atoms with Crippen molar-refractivity contribution in [2.45, 2.75) is 75.4 Å². The summed E-state index contributed by atoms with van der Waals surface area (Å²) in [5.74, 6) is 2.01. The van der Waals surface area contributed by atoms with Crippen LogP contribution in [-0.2, 0) is 0 Å². The van der Waals surface area contributed by atoms with Crippen LogP contribution < -0.4 is 0 Å². The van der Waals surface area contributed by atoms with E-state index in [4.69, 9.17) is 0 Å². The van der Waals surface area contributed by atoms with Crippen molar-refractivity contribution in [2.75, 3.05) is 0 Å². The van der Waals surface area contributed by atoms with E-state index in [2.05, 4.69) is 38.2 Å². The normalized spacial score (nSPS) is 24.5. The Bertz CT molecular complexity index is 722. The standard InChI is InChI=1S/C24H30BF/c25-22-13-10-18(11-14-22)17-6-8-19(9-7-17)21-12-15-23(24(26)16-21)20-4-2-1-3-5-20/h6-9,12,15-16,18,20,22H,1-5,10-11,13-14,25H2. The van der Waals surface area contributed by atoms with Gasteiger partial charge in [-0.2, -0.15) is 0 Å². The Labute approximate surface area is 158 Å². The number of hydrogen-bond donors (Lipinski definition) is 0. The molecule has 0 bridgehead atoms. The maximum atomic E-state index is 14.7. The Hall–Kier alpha value is -1.57. The largest absolute Gasteiger partial charge is 0.207 e. The molecule has 0 saturated heterocycles. The van der Waals surface area contributed by atoms with Crippen molar-refractivity contribution in [3.8, 4) is 11.1 Å². The van der Waals surface area contributed by atoms with Crippen LogP contribution in [0.2, 0.25) is 5.82 Å². The van der Waals surface area contributed by atoms with Gasteiger partial charge in [0.1, 0.15) is 13.7 Å². The van der Waals surface area contributed by atoms with E-state index >= 15 is 0 Å². The number of rotatable bonds is 3. The average molecular weight is 348 g/mol. The molecule has 2 aromatic rings. The first-order valence-corrected chi connectivity index (χ1v) is 10.6. The molecule has 0 unspecified atom stereocenters. The first-order valence-electron chi connectivity index (χ1n) is 10.6. The molecule has 2 aromatic carbocycles. The van der Waals surface area contributed by atoms with Crippen LogP contribution in [0.3, 0.4) is 0 Å². The minimum atomic E-state index is -0.0141. The van der Waals surface area contributed by atoms with Gasteiger partial charge in [0.25, 0.3) is 0 Å². The Kier molecular flexibility index (Phi) is 5.48. The summed E-state index contributed by atoms with van der Waals surface area (Å²) in [6, 6.07) is 14.8. The van der Waals surface area contributed by atoms with E-state index < -0.39 is 0 Å². The van der Waals surface area contributed by atoms with Crippen LogP contribution in [0, 0.1) is 5.82 Å². The Morgan fingerprint density at radius 1 is 0.692 bits per heavy atom. The third kappa shape index (κ3) is 3.90. The molecule has 0 radical (unpaired) electrons. The molecule has 0 heterocycles. The minimum absolute atomic E-state index is 0.0141. The van der Waals surface area contributed by atoms with Gasteiger partial charge in [-0.15, -0.1) is 0 Å². The van der Waals surface area contributed by atoms with E-state index in [-0.39, 0.29) is 5.82 Å². The molecule has 0 N–H and O–H groups in total. The average Bonchev–Trinajstić information content (AvgIpc) is 2.69. The third-order valence-corrected chi connectivity index (χ3v) is 6.78. The molecule has 0 aliphatic heterocycles. The van der Waals surface area contributed by atoms with Crippen LogP contribution >= 0.6 is 0 Å². The van der Waals surface area contributed by atoms with Gasteiger partial charge in [-0.1, -0.05) is 74.3 Å². The SMILES string of the molecule is BC1CCC(c2ccc(-c3ccc(C4CCCCC4)c(F)c3)cc2)CC1. The van der Waals surface area contributed by atoms with Gasteiger partial charge in [0.15, 0.2) is 0 Å². The lowest BCUT2D eigenvalue weighted by molar-refractivity contribution is 0.430. The molecule has 0 amide bonds. The summed E-state index contributed by atoms with van der Waals surface area (Å²) in [5.41, 5.74) is 4.53. The predicted molar refractivity (Wildman–Crippen MR) is 111 cm³/mol. The second-order valence-electron chi connectivity index (χ2n) is 8.65. The van der Waals surface area contributed by atoms with Crippen LogP contribution in [0.5, 0.6) is 0 Å². The van der Waals surface area contributed by atoms with Crippen LogP contribution in [0.25, 0.3) is 11.1 Å². The maximum Gasteiger partial charge on any atom is 0.127 e. The molecule has 2 aliphatic carbocycles. The van der Waals surface area contributed by atoms with Crippen molar-refractivity contribution in [1.82, 2.24) is 0 Å². The molecule has 0 nitrogen and oxygen atoms in total. The highest BCUT2D eigenvalue weighted by Crippen LogP contribution is 2.38. The maximum absolute atomic E-state index is 14.7. The van der Waals surface area contributed by atoms with Crippen molar-refractivity contribution in [1.29, 1.82) is 0 Å². The van der Waals surface area contributed by atoms with Gasteiger partial charge < -0.3 is 0 Å². The topological polar surface area (TPSA) is 0 Å². The van der Waals surface area contributed by atoms with E-state index in [1.54, 1.807) is 6.07 Å². The van der Waals surface area contributed by atoms with Crippen molar-refractivity contribution in [2.24, 2.45) is 0 Å². The van der Waals surface area contributed by atoms with Gasteiger partial charge in [-0.3, -0.25) is 0 Å². The second-order valence-corrected chi connectivity index (χ2v) is 8.65. The second kappa shape index (κ2) is 7.98. The minimum Gasteiger partial charge on any atom is -0.207 e. The molecule has 2 fully saturated rings. The summed E-state index contributed by atoms with van der Waals surface area (Å²) in [6.45, 7) is 0. The van der Waals surface area contributed by atoms with Crippen LogP contribution in [-0.4, -0.2) is 7.85 Å². The highest BCUT2D eigenvalue weighted by molar-refractivity contribution is 6.11. The molecule has 0 atom stereocenters. The molecule has 4 rings (SSSR count). The molecule has 136 valence electrons. The highest BCUT2D eigenvalue weighted by atomic mass is 19.1. The molecule has 2 saturated carbocycles. The lowest BCUT2D eigenvalue weighted by Gasteiger charge is -2.26. The Morgan fingerprint density at radius 2 is 1.35 bits per heavy atom. The summed E-state index contributed by atoms with van der Waals surface area (Å²) in [7, 11) is 2.37. The lowest BCUT2D eigenvalue weighted by Crippen LogP contribution is -2.09. The fourth-order valence-corrected chi connectivity index (χ4v) is 4.99. The third-order valence-electron chi connectivity index (χ3n) is 6.78. The smallest absolute Gasteiger partial charge is 0.127 e. The van der Waals surface area contributed by atoms with Gasteiger partial charge in [0.05, 0.1) is 0 Å². The summed E-state index contributed by atoms with van der Waals surface area (Å²) >= 11 is 0. The summed E-state index contributed by atoms with van der Waals surface area (Å²) in [6.07, 6.45) is 11.4. The van der Waals surface area contributed by atoms with Crippen LogP contribution in [0.15, 0.2) is 42.5 Å². The quantitative estimate of drug-likeness (QED) is 0.547. The highest BCUT2D eigenvalue weighted by Gasteiger charge is 2.21. The fraction of sp³-hybridized carbons (Fsp3) is 0.500. The number of benzene rings is 2. The molecular weight excluding hydrogens is 318 g/mol. The van der Waals surface area contributed by atoms with Crippen molar-refractivity contribution in [3.63, 3.8) is 0 Å². The van der Waals surface area contributed by atoms with Crippen molar-refractivity contribution >= 4 is 7.85 Å². The van der Waals surface area contributed by atoms with E-state index in [1.165, 1.54) is 50.5 Å². The predicted octanol–water partition coefficient (Wildman–Crippen LogP) is 6.62. The fourth-order valence-electron chi connectivity index (χ4n) is 4.99. The van der Waals surface area contributed by atoms with E-state index in [9.17, 15) is 4.39 Å². The first kappa shape index (κ1) is 17.8. The monoisotopic (exact) mass is 348 g/mol. The van der Waals surface area contributed by atoms with E-state index in [1.807, 2.05) is 6.07 Å². The van der Waals surface area contributed by atoms with E-state index in [0.29, 0.717) is 11.8 Å². The zero-order chi connectivity index (χ0) is 17.9. The zero-order valence-corrected chi connectivity index (χ0v) is 16.0. The lowest BCUT2D eigenvalue weighted by atomic mass is 9.70. The first-order chi connectivity index (χ1) is 12.7. The van der Waals surface area contributed by atoms with Crippen molar-refractivity contribution < 1.29 is 4.39 Å². The summed E-state index contributed by atoms with van der Waals surface area (Å²) in [4.78, 5) is 0. The van der Waals surface area contributed by atoms with Crippen LogP contribution in [0.4, 0.5) is 4.39 Å². The van der Waals surface area contributed by atoms with Gasteiger partial charge in [0.2, 0.25) is 0 Å². The summed E-state index contributed by atoms with van der Waals surface area (Å²) < 4.78 is 14.7. The molecule has 0 aromatic heterocycles. The van der Waals surface area contributed by atoms with Gasteiger partial charge in [0, 0.05) is 0 Å². The van der Waals surface area contributed by atoms with Gasteiger partial charge in [-0.05, 0) is 65.8 Å². The molecule has 2 aliphatic rings. The van der Waals surface area contributed by atoms with Gasteiger partial charge in [-0.25, -0.2) is 4.39 Å². The van der Waals surface area contributed by atoms with E-state index in [0.717, 1.165) is 35.3 Å². The summed E-state index contributed by atoms with van der Waals surface area (Å²) in [5, 5.41) is 0. The molecular formula is C24H30BF. The zero-order valence-electron chi connectivity index (χ0n) is 16.0. The van der Waals surface area contributed by atoms with Crippen LogP contribution in [0.1, 0.15) is 80.8 Å². The van der Waals surface area contributed by atoms with Crippen molar-refractivity contribution in [3.05, 3.63) is 59.4 Å². The van der Waals surface area contributed by atoms with Gasteiger partial charge >= 0.3 is 0 Å². The molecule has 26 heavy (non-hydrogen) atoms.